The number of nitrogens with one attached hydrogen (secondary N) is 1. The molecule has 0 spiro atoms. The van der Waals surface area contributed by atoms with Crippen molar-refractivity contribution < 1.29 is 9.84 Å². The molecule has 2 aromatic carbocycles. The van der Waals surface area contributed by atoms with Crippen LogP contribution in [0.4, 0.5) is 0 Å². The molecule has 0 saturated carbocycles. The van der Waals surface area contributed by atoms with Gasteiger partial charge in [-0.3, -0.25) is 0 Å². The van der Waals surface area contributed by atoms with Crippen LogP contribution >= 0.6 is 12.2 Å². The number of hydrogen-bond acceptors (Lipinski definition) is 5. The molecule has 0 radical (unpaired) electrons. The molecule has 7 heteroatoms. The van der Waals surface area contributed by atoms with Crippen LogP contribution in [0.1, 0.15) is 11.1 Å². The Balaban J connectivity index is 2.03. The number of aromatic amines is 1. The van der Waals surface area contributed by atoms with E-state index in [4.69, 9.17) is 17.0 Å². The van der Waals surface area contributed by atoms with E-state index in [9.17, 15) is 5.11 Å². The number of benzene rings is 2. The van der Waals surface area contributed by atoms with Crippen molar-refractivity contribution in [2.45, 2.75) is 6.92 Å². The van der Waals surface area contributed by atoms with Crippen LogP contribution in [-0.2, 0) is 0 Å². The van der Waals surface area contributed by atoms with Gasteiger partial charge in [0, 0.05) is 11.1 Å². The first-order chi connectivity index (χ1) is 11.6. The van der Waals surface area contributed by atoms with E-state index >= 15 is 0 Å². The molecule has 1 heterocycles. The van der Waals surface area contributed by atoms with E-state index in [0.29, 0.717) is 21.9 Å². The summed E-state index contributed by atoms with van der Waals surface area (Å²) in [5.74, 6) is 1.01. The van der Waals surface area contributed by atoms with Crippen LogP contribution in [-0.4, -0.2) is 33.3 Å². The monoisotopic (exact) mass is 340 g/mol. The molecule has 1 aromatic heterocycles. The number of H-pyrrole nitrogens is 1. The minimum Gasteiger partial charge on any atom is -0.504 e. The van der Waals surface area contributed by atoms with Crippen molar-refractivity contribution >= 4 is 18.4 Å². The number of aromatic nitrogens is 3. The van der Waals surface area contributed by atoms with Gasteiger partial charge in [0.05, 0.1) is 13.3 Å². The molecule has 24 heavy (non-hydrogen) atoms. The highest BCUT2D eigenvalue weighted by molar-refractivity contribution is 7.71. The minimum atomic E-state index is 0.0240. The fourth-order valence-corrected chi connectivity index (χ4v) is 2.48. The number of phenolic OH excluding ortho intramolecular Hbond substituents is 1. The van der Waals surface area contributed by atoms with Gasteiger partial charge >= 0.3 is 0 Å². The number of aryl methyl sites for hydroxylation is 1. The number of ether oxygens (including phenoxy) is 1. The zero-order valence-corrected chi connectivity index (χ0v) is 14.0. The quantitative estimate of drug-likeness (QED) is 0.563. The zero-order chi connectivity index (χ0) is 17.1. The molecule has 0 aliphatic carbocycles. The first kappa shape index (κ1) is 15.9. The van der Waals surface area contributed by atoms with Gasteiger partial charge in [0.2, 0.25) is 4.77 Å². The first-order valence-electron chi connectivity index (χ1n) is 7.25. The van der Waals surface area contributed by atoms with Crippen molar-refractivity contribution in [2.24, 2.45) is 5.10 Å². The summed E-state index contributed by atoms with van der Waals surface area (Å²) in [6.07, 6.45) is 1.52. The highest BCUT2D eigenvalue weighted by Crippen LogP contribution is 2.28. The lowest BCUT2D eigenvalue weighted by Crippen LogP contribution is -1.96. The van der Waals surface area contributed by atoms with Crippen LogP contribution in [0.2, 0.25) is 0 Å². The summed E-state index contributed by atoms with van der Waals surface area (Å²) in [5.41, 5.74) is 2.53. The Morgan fingerprint density at radius 3 is 2.83 bits per heavy atom. The second-order valence-electron chi connectivity index (χ2n) is 5.18. The third-order valence-electron chi connectivity index (χ3n) is 3.49. The summed E-state index contributed by atoms with van der Waals surface area (Å²) >= 11 is 5.25. The summed E-state index contributed by atoms with van der Waals surface area (Å²) in [6.45, 7) is 2.01. The van der Waals surface area contributed by atoms with E-state index in [0.717, 1.165) is 11.1 Å². The highest BCUT2D eigenvalue weighted by Gasteiger charge is 2.09. The van der Waals surface area contributed by atoms with Crippen LogP contribution in [0.15, 0.2) is 47.6 Å². The van der Waals surface area contributed by atoms with Gasteiger partial charge in [0.25, 0.3) is 0 Å². The lowest BCUT2D eigenvalue weighted by atomic mass is 10.1. The maximum Gasteiger partial charge on any atom is 0.216 e. The summed E-state index contributed by atoms with van der Waals surface area (Å²) in [6, 6.07) is 13.1. The van der Waals surface area contributed by atoms with Crippen LogP contribution < -0.4 is 4.74 Å². The molecule has 0 aliphatic heterocycles. The van der Waals surface area contributed by atoms with Gasteiger partial charge in [0.1, 0.15) is 0 Å². The van der Waals surface area contributed by atoms with Crippen LogP contribution in [0.25, 0.3) is 11.4 Å². The fraction of sp³-hybridized carbons (Fsp3) is 0.118. The molecule has 2 N–H and O–H groups in total. The fourth-order valence-electron chi connectivity index (χ4n) is 2.30. The Kier molecular flexibility index (Phi) is 4.43. The molecule has 0 atom stereocenters. The van der Waals surface area contributed by atoms with E-state index in [2.05, 4.69) is 15.3 Å². The van der Waals surface area contributed by atoms with Gasteiger partial charge in [-0.05, 0) is 37.3 Å². The molecule has 0 aliphatic rings. The molecular weight excluding hydrogens is 324 g/mol. The summed E-state index contributed by atoms with van der Waals surface area (Å²) in [7, 11) is 1.50. The zero-order valence-electron chi connectivity index (χ0n) is 13.2. The SMILES string of the molecule is COc1cccc(C=Nn2c(-c3cccc(C)c3)n[nH]c2=S)c1O. The third-order valence-corrected chi connectivity index (χ3v) is 3.75. The molecule has 3 rings (SSSR count). The Labute approximate surface area is 144 Å². The number of aromatic hydroxyl groups is 1. The predicted molar refractivity (Wildman–Crippen MR) is 95.2 cm³/mol. The number of nitrogens with zero attached hydrogens (tertiary/aromatic N) is 3. The van der Waals surface area contributed by atoms with Crippen molar-refractivity contribution in [1.82, 2.24) is 14.9 Å². The van der Waals surface area contributed by atoms with E-state index in [1.165, 1.54) is 18.0 Å². The normalized spacial score (nSPS) is 11.1. The van der Waals surface area contributed by atoms with Crippen molar-refractivity contribution in [3.05, 3.63) is 58.4 Å². The lowest BCUT2D eigenvalue weighted by Gasteiger charge is -2.05. The highest BCUT2D eigenvalue weighted by atomic mass is 32.1. The summed E-state index contributed by atoms with van der Waals surface area (Å²) in [4.78, 5) is 0. The number of phenols is 1. The lowest BCUT2D eigenvalue weighted by molar-refractivity contribution is 0.373. The Morgan fingerprint density at radius 1 is 1.29 bits per heavy atom. The Hall–Kier alpha value is -2.93. The molecule has 3 aromatic rings. The van der Waals surface area contributed by atoms with Crippen molar-refractivity contribution in [1.29, 1.82) is 0 Å². The number of rotatable bonds is 4. The van der Waals surface area contributed by atoms with Crippen LogP contribution in [0.3, 0.4) is 0 Å². The molecule has 0 unspecified atom stereocenters. The van der Waals surface area contributed by atoms with Gasteiger partial charge in [-0.2, -0.15) is 14.9 Å². The van der Waals surface area contributed by atoms with Crippen LogP contribution in [0.5, 0.6) is 11.5 Å². The predicted octanol–water partition coefficient (Wildman–Crippen LogP) is 3.51. The third kappa shape index (κ3) is 3.07. The average molecular weight is 340 g/mol. The van der Waals surface area contributed by atoms with E-state index in [1.807, 2.05) is 31.2 Å². The molecule has 122 valence electrons. The van der Waals surface area contributed by atoms with Gasteiger partial charge in [-0.25, -0.2) is 5.10 Å². The van der Waals surface area contributed by atoms with Crippen LogP contribution in [0, 0.1) is 11.7 Å². The largest absolute Gasteiger partial charge is 0.504 e. The average Bonchev–Trinajstić information content (AvgIpc) is 2.95. The maximum absolute atomic E-state index is 10.1. The molecular formula is C17H16N4O2S. The van der Waals surface area contributed by atoms with Crippen molar-refractivity contribution in [2.75, 3.05) is 7.11 Å². The summed E-state index contributed by atoms with van der Waals surface area (Å²) in [5, 5.41) is 21.5. The van der Waals surface area contributed by atoms with Crippen molar-refractivity contribution in [3.8, 4) is 22.9 Å². The maximum atomic E-state index is 10.1. The molecule has 0 saturated heterocycles. The standard InChI is InChI=1S/C17H16N4O2S/c1-11-5-3-6-12(9-11)16-19-20-17(24)21(16)18-10-13-7-4-8-14(23-2)15(13)22/h3-10,22H,1-2H3,(H,20,24). The first-order valence-corrected chi connectivity index (χ1v) is 7.66. The molecule has 0 bridgehead atoms. The van der Waals surface area contributed by atoms with Gasteiger partial charge in [-0.15, -0.1) is 0 Å². The van der Waals surface area contributed by atoms with Crippen molar-refractivity contribution in [3.63, 3.8) is 0 Å². The minimum absolute atomic E-state index is 0.0240. The molecule has 0 fully saturated rings. The Morgan fingerprint density at radius 2 is 2.08 bits per heavy atom. The van der Waals surface area contributed by atoms with Gasteiger partial charge < -0.3 is 9.84 Å². The Bertz CT molecular complexity index is 959. The van der Waals surface area contributed by atoms with Gasteiger partial charge in [0.15, 0.2) is 17.3 Å². The number of hydrogen-bond donors (Lipinski definition) is 2. The molecule has 0 amide bonds. The number of para-hydroxylation sites is 1. The molecule has 6 nitrogen and oxygen atoms in total. The second-order valence-corrected chi connectivity index (χ2v) is 5.56. The van der Waals surface area contributed by atoms with E-state index in [1.54, 1.807) is 18.2 Å². The topological polar surface area (TPSA) is 75.4 Å². The van der Waals surface area contributed by atoms with Gasteiger partial charge in [-0.1, -0.05) is 29.8 Å². The smallest absolute Gasteiger partial charge is 0.216 e. The summed E-state index contributed by atoms with van der Waals surface area (Å²) < 4.78 is 6.98. The van der Waals surface area contributed by atoms with E-state index in [-0.39, 0.29) is 5.75 Å². The number of methoxy groups -OCH3 is 1. The van der Waals surface area contributed by atoms with E-state index < -0.39 is 0 Å². The second kappa shape index (κ2) is 6.67.